The summed E-state index contributed by atoms with van der Waals surface area (Å²) in [6, 6.07) is -0.341. The smallest absolute Gasteiger partial charge is 0.323 e. The number of thiazole rings is 1. The number of piperazine rings is 2. The van der Waals surface area contributed by atoms with Crippen molar-refractivity contribution < 1.29 is 9.59 Å². The van der Waals surface area contributed by atoms with Gasteiger partial charge in [0.05, 0.1) is 15.5 Å². The molecule has 1 unspecified atom stereocenters. The van der Waals surface area contributed by atoms with Gasteiger partial charge in [-0.05, 0) is 43.6 Å². The van der Waals surface area contributed by atoms with Crippen LogP contribution in [-0.2, 0) is 4.79 Å². The van der Waals surface area contributed by atoms with Gasteiger partial charge in [-0.15, -0.1) is 0 Å². The van der Waals surface area contributed by atoms with Gasteiger partial charge in [0.2, 0.25) is 5.91 Å². The van der Waals surface area contributed by atoms with Gasteiger partial charge in [-0.25, -0.2) is 9.78 Å². The van der Waals surface area contributed by atoms with Crippen molar-refractivity contribution in [2.75, 3.05) is 51.1 Å². The van der Waals surface area contributed by atoms with E-state index in [0.717, 1.165) is 29.1 Å². The molecule has 0 aromatic carbocycles. The zero-order chi connectivity index (χ0) is 20.5. The standard InChI is InChI=1S/C18H29BrN6O2S/c1-12-14(19)28-16(21-12)22-17(27)24-9-7-23(8-10-24)15(26)13-11-25(6-5-20-13)18(2,3)4/h13,20H,5-11H2,1-4H3,(H,21,22,27). The Kier molecular flexibility index (Phi) is 6.63. The van der Waals surface area contributed by atoms with Crippen LogP contribution >= 0.6 is 27.3 Å². The van der Waals surface area contributed by atoms with Crippen molar-refractivity contribution in [3.05, 3.63) is 9.48 Å². The molecule has 2 saturated heterocycles. The predicted octanol–water partition coefficient (Wildman–Crippen LogP) is 1.96. The van der Waals surface area contributed by atoms with E-state index < -0.39 is 0 Å². The summed E-state index contributed by atoms with van der Waals surface area (Å²) in [7, 11) is 0. The van der Waals surface area contributed by atoms with E-state index in [1.807, 2.05) is 11.8 Å². The van der Waals surface area contributed by atoms with Gasteiger partial charge in [-0.3, -0.25) is 15.0 Å². The molecule has 3 heterocycles. The number of halogens is 1. The molecule has 1 aromatic rings. The Morgan fingerprint density at radius 2 is 1.82 bits per heavy atom. The Hall–Kier alpha value is -1.23. The third-order valence-electron chi connectivity index (χ3n) is 5.25. The van der Waals surface area contributed by atoms with Crippen molar-refractivity contribution in [2.45, 2.75) is 39.3 Å². The first-order chi connectivity index (χ1) is 13.1. The molecule has 2 fully saturated rings. The second kappa shape index (κ2) is 8.64. The first kappa shape index (κ1) is 21.5. The summed E-state index contributed by atoms with van der Waals surface area (Å²) < 4.78 is 0.919. The van der Waals surface area contributed by atoms with Crippen LogP contribution in [0.25, 0.3) is 0 Å². The number of carbonyl (C=O) groups is 2. The highest BCUT2D eigenvalue weighted by molar-refractivity contribution is 9.11. The number of aromatic nitrogens is 1. The number of hydrogen-bond acceptors (Lipinski definition) is 6. The molecular weight excluding hydrogens is 444 g/mol. The van der Waals surface area contributed by atoms with Gasteiger partial charge in [0.1, 0.15) is 0 Å². The summed E-state index contributed by atoms with van der Waals surface area (Å²) in [5.41, 5.74) is 0.917. The molecule has 0 radical (unpaired) electrons. The van der Waals surface area contributed by atoms with E-state index in [-0.39, 0.29) is 23.5 Å². The lowest BCUT2D eigenvalue weighted by atomic mass is 10.0. The maximum Gasteiger partial charge on any atom is 0.323 e. The number of aryl methyl sites for hydroxylation is 1. The number of nitrogens with zero attached hydrogens (tertiary/aromatic N) is 4. The monoisotopic (exact) mass is 472 g/mol. The van der Waals surface area contributed by atoms with Crippen molar-refractivity contribution in [3.63, 3.8) is 0 Å². The van der Waals surface area contributed by atoms with Crippen molar-refractivity contribution in [2.24, 2.45) is 0 Å². The maximum absolute atomic E-state index is 12.9. The zero-order valence-corrected chi connectivity index (χ0v) is 19.3. The molecule has 8 nitrogen and oxygen atoms in total. The summed E-state index contributed by atoms with van der Waals surface area (Å²) >= 11 is 4.82. The fraction of sp³-hybridized carbons (Fsp3) is 0.722. The number of nitrogens with one attached hydrogen (secondary N) is 2. The van der Waals surface area contributed by atoms with E-state index in [1.165, 1.54) is 11.3 Å². The zero-order valence-electron chi connectivity index (χ0n) is 16.9. The Morgan fingerprint density at radius 1 is 1.18 bits per heavy atom. The Morgan fingerprint density at radius 3 is 2.39 bits per heavy atom. The topological polar surface area (TPSA) is 80.8 Å². The summed E-state index contributed by atoms with van der Waals surface area (Å²) in [4.78, 5) is 35.7. The molecule has 2 aliphatic heterocycles. The summed E-state index contributed by atoms with van der Waals surface area (Å²) in [6.07, 6.45) is 0. The number of hydrogen-bond donors (Lipinski definition) is 2. The maximum atomic E-state index is 12.9. The molecule has 3 amide bonds. The normalized spacial score (nSPS) is 21.7. The molecule has 3 rings (SSSR count). The van der Waals surface area contributed by atoms with Crippen LogP contribution < -0.4 is 10.6 Å². The summed E-state index contributed by atoms with van der Waals surface area (Å²) in [6.45, 7) is 13.1. The number of anilines is 1. The molecule has 2 aliphatic rings. The Balaban J connectivity index is 1.50. The minimum Gasteiger partial charge on any atom is -0.338 e. The number of urea groups is 1. The van der Waals surface area contributed by atoms with E-state index in [9.17, 15) is 9.59 Å². The van der Waals surface area contributed by atoms with E-state index in [0.29, 0.717) is 31.3 Å². The van der Waals surface area contributed by atoms with Gasteiger partial charge in [-0.1, -0.05) is 11.3 Å². The van der Waals surface area contributed by atoms with Crippen LogP contribution in [0.15, 0.2) is 3.79 Å². The van der Waals surface area contributed by atoms with E-state index in [1.54, 1.807) is 4.90 Å². The Bertz CT molecular complexity index is 707. The van der Waals surface area contributed by atoms with Crippen molar-refractivity contribution >= 4 is 44.3 Å². The third-order valence-corrected chi connectivity index (χ3v) is 7.18. The molecule has 2 N–H and O–H groups in total. The van der Waals surface area contributed by atoms with Gasteiger partial charge in [-0.2, -0.15) is 0 Å². The van der Waals surface area contributed by atoms with E-state index >= 15 is 0 Å². The average Bonchev–Trinajstić information content (AvgIpc) is 2.97. The Labute approximate surface area is 178 Å². The van der Waals surface area contributed by atoms with E-state index in [2.05, 4.69) is 57.2 Å². The molecule has 0 saturated carbocycles. The quantitative estimate of drug-likeness (QED) is 0.687. The molecule has 0 aliphatic carbocycles. The van der Waals surface area contributed by atoms with Gasteiger partial charge in [0.15, 0.2) is 5.13 Å². The second-order valence-electron chi connectivity index (χ2n) is 8.24. The average molecular weight is 473 g/mol. The van der Waals surface area contributed by atoms with Gasteiger partial charge >= 0.3 is 6.03 Å². The largest absolute Gasteiger partial charge is 0.338 e. The summed E-state index contributed by atoms with van der Waals surface area (Å²) in [5, 5.41) is 6.79. The highest BCUT2D eigenvalue weighted by Crippen LogP contribution is 2.27. The van der Waals surface area contributed by atoms with Crippen molar-refractivity contribution in [1.29, 1.82) is 0 Å². The van der Waals surface area contributed by atoms with Crippen molar-refractivity contribution in [1.82, 2.24) is 25.0 Å². The number of amides is 3. The third kappa shape index (κ3) is 5.03. The first-order valence-corrected chi connectivity index (χ1v) is 11.2. The fourth-order valence-electron chi connectivity index (χ4n) is 3.48. The van der Waals surface area contributed by atoms with Gasteiger partial charge in [0, 0.05) is 51.4 Å². The highest BCUT2D eigenvalue weighted by Gasteiger charge is 2.34. The molecule has 1 aromatic heterocycles. The predicted molar refractivity (Wildman–Crippen MR) is 115 cm³/mol. The molecule has 156 valence electrons. The van der Waals surface area contributed by atoms with E-state index in [4.69, 9.17) is 0 Å². The molecular formula is C18H29BrN6O2S. The minimum absolute atomic E-state index is 0.0561. The SMILES string of the molecule is Cc1nc(NC(=O)N2CCN(C(=O)C3CN(C(C)(C)C)CCN3)CC2)sc1Br. The lowest BCUT2D eigenvalue weighted by Crippen LogP contribution is -2.63. The van der Waals surface area contributed by atoms with Crippen LogP contribution in [-0.4, -0.2) is 89.0 Å². The van der Waals surface area contributed by atoms with Crippen LogP contribution in [0.4, 0.5) is 9.93 Å². The first-order valence-electron chi connectivity index (χ1n) is 9.61. The van der Waals surface area contributed by atoms with Crippen LogP contribution in [0, 0.1) is 6.92 Å². The highest BCUT2D eigenvalue weighted by atomic mass is 79.9. The molecule has 10 heteroatoms. The van der Waals surface area contributed by atoms with Crippen LogP contribution in [0.3, 0.4) is 0 Å². The fourth-order valence-corrected chi connectivity index (χ4v) is 4.71. The number of rotatable bonds is 2. The summed E-state index contributed by atoms with van der Waals surface area (Å²) in [5.74, 6) is 0.133. The van der Waals surface area contributed by atoms with Crippen LogP contribution in [0.2, 0.25) is 0 Å². The molecule has 0 spiro atoms. The van der Waals surface area contributed by atoms with Gasteiger partial charge in [0.25, 0.3) is 0 Å². The van der Waals surface area contributed by atoms with Crippen molar-refractivity contribution in [3.8, 4) is 0 Å². The minimum atomic E-state index is -0.177. The molecule has 0 bridgehead atoms. The van der Waals surface area contributed by atoms with Crippen LogP contribution in [0.1, 0.15) is 26.5 Å². The van der Waals surface area contributed by atoms with Gasteiger partial charge < -0.3 is 15.1 Å². The lowest BCUT2D eigenvalue weighted by Gasteiger charge is -2.43. The number of carbonyl (C=O) groups excluding carboxylic acids is 2. The molecule has 1 atom stereocenters. The second-order valence-corrected chi connectivity index (χ2v) is 10.6. The lowest BCUT2D eigenvalue weighted by molar-refractivity contribution is -0.136. The van der Waals surface area contributed by atoms with Crippen LogP contribution in [0.5, 0.6) is 0 Å². The molecule has 28 heavy (non-hydrogen) atoms.